The van der Waals surface area contributed by atoms with Gasteiger partial charge in [0.2, 0.25) is 0 Å². The van der Waals surface area contributed by atoms with Crippen molar-refractivity contribution in [3.05, 3.63) is 0 Å². The van der Waals surface area contributed by atoms with Gasteiger partial charge in [0.25, 0.3) is 0 Å². The molecule has 1 aliphatic rings. The highest BCUT2D eigenvalue weighted by Gasteiger charge is 2.30. The van der Waals surface area contributed by atoms with Gasteiger partial charge in [-0.05, 0) is 40.0 Å². The Balaban J connectivity index is 2.57. The van der Waals surface area contributed by atoms with E-state index in [1.807, 2.05) is 20.8 Å². The Bertz CT molecular complexity index is 236. The zero-order valence-electron chi connectivity index (χ0n) is 10.4. The second kappa shape index (κ2) is 5.50. The van der Waals surface area contributed by atoms with E-state index in [0.717, 1.165) is 25.8 Å². The molecule has 1 rings (SSSR count). The van der Waals surface area contributed by atoms with Gasteiger partial charge in [-0.2, -0.15) is 0 Å². The van der Waals surface area contributed by atoms with Crippen LogP contribution in [-0.2, 0) is 9.57 Å². The van der Waals surface area contributed by atoms with Crippen LogP contribution in [0, 0.1) is 0 Å². The van der Waals surface area contributed by atoms with Gasteiger partial charge in [-0.3, -0.25) is 0 Å². The normalized spacial score (nSPS) is 22.0. The minimum absolute atomic E-state index is 0.0496. The minimum Gasteiger partial charge on any atom is -0.444 e. The smallest absolute Gasteiger partial charge is 0.410 e. The van der Waals surface area contributed by atoms with Gasteiger partial charge in [-0.1, -0.05) is 0 Å². The summed E-state index contributed by atoms with van der Waals surface area (Å²) in [6.07, 6.45) is 2.78. The van der Waals surface area contributed by atoms with Gasteiger partial charge in [-0.15, -0.1) is 0 Å². The third kappa shape index (κ3) is 3.98. The zero-order chi connectivity index (χ0) is 12.2. The van der Waals surface area contributed by atoms with Crippen molar-refractivity contribution < 1.29 is 14.4 Å². The maximum atomic E-state index is 11.9. The highest BCUT2D eigenvalue weighted by molar-refractivity contribution is 5.68. The Morgan fingerprint density at radius 2 is 2.12 bits per heavy atom. The summed E-state index contributed by atoms with van der Waals surface area (Å²) in [5.74, 6) is 5.07. The van der Waals surface area contributed by atoms with Gasteiger partial charge < -0.3 is 14.5 Å². The largest absolute Gasteiger partial charge is 0.444 e. The van der Waals surface area contributed by atoms with Crippen molar-refractivity contribution in [2.24, 2.45) is 5.90 Å². The molecule has 1 heterocycles. The molecule has 0 radical (unpaired) electrons. The summed E-state index contributed by atoms with van der Waals surface area (Å²) in [4.78, 5) is 18.3. The molecule has 16 heavy (non-hydrogen) atoms. The van der Waals surface area contributed by atoms with Gasteiger partial charge in [-0.25, -0.2) is 10.7 Å². The van der Waals surface area contributed by atoms with E-state index < -0.39 is 5.60 Å². The number of nitrogens with two attached hydrogens (primary N) is 1. The Labute approximate surface area is 96.8 Å². The molecule has 5 nitrogen and oxygen atoms in total. The molecule has 0 bridgehead atoms. The molecule has 0 aromatic carbocycles. The van der Waals surface area contributed by atoms with Gasteiger partial charge >= 0.3 is 6.09 Å². The van der Waals surface area contributed by atoms with Gasteiger partial charge in [0, 0.05) is 6.54 Å². The van der Waals surface area contributed by atoms with Crippen molar-refractivity contribution in [3.8, 4) is 0 Å². The molecule has 5 heteroatoms. The molecule has 94 valence electrons. The predicted octanol–water partition coefficient (Wildman–Crippen LogP) is 1.67. The van der Waals surface area contributed by atoms with Gasteiger partial charge in [0.1, 0.15) is 5.60 Å². The van der Waals surface area contributed by atoms with Crippen molar-refractivity contribution >= 4 is 6.09 Å². The van der Waals surface area contributed by atoms with Crippen LogP contribution in [0.4, 0.5) is 4.79 Å². The second-order valence-corrected chi connectivity index (χ2v) is 5.16. The van der Waals surface area contributed by atoms with Crippen LogP contribution in [0.15, 0.2) is 0 Å². The Hall–Kier alpha value is -0.810. The van der Waals surface area contributed by atoms with E-state index in [1.165, 1.54) is 0 Å². The van der Waals surface area contributed by atoms with Crippen LogP contribution in [0.25, 0.3) is 0 Å². The van der Waals surface area contributed by atoms with E-state index in [0.29, 0.717) is 6.61 Å². The maximum absolute atomic E-state index is 11.9. The van der Waals surface area contributed by atoms with Crippen LogP contribution < -0.4 is 5.90 Å². The van der Waals surface area contributed by atoms with Crippen molar-refractivity contribution in [3.63, 3.8) is 0 Å². The number of likely N-dealkylation sites (tertiary alicyclic amines) is 1. The van der Waals surface area contributed by atoms with Crippen molar-refractivity contribution in [2.75, 3.05) is 13.2 Å². The third-order valence-electron chi connectivity index (χ3n) is 2.54. The monoisotopic (exact) mass is 230 g/mol. The van der Waals surface area contributed by atoms with Crippen LogP contribution in [-0.4, -0.2) is 35.8 Å². The number of hydrogen-bond donors (Lipinski definition) is 1. The zero-order valence-corrected chi connectivity index (χ0v) is 10.4. The van der Waals surface area contributed by atoms with Crippen LogP contribution in [0.5, 0.6) is 0 Å². The number of amides is 1. The maximum Gasteiger partial charge on any atom is 0.410 e. The lowest BCUT2D eigenvalue weighted by molar-refractivity contribution is -0.00792. The van der Waals surface area contributed by atoms with E-state index in [4.69, 9.17) is 10.6 Å². The summed E-state index contributed by atoms with van der Waals surface area (Å²) in [6.45, 7) is 6.69. The summed E-state index contributed by atoms with van der Waals surface area (Å²) in [6, 6.07) is 0.0496. The number of rotatable bonds is 2. The first kappa shape index (κ1) is 13.3. The quantitative estimate of drug-likeness (QED) is 0.733. The number of carbonyl (C=O) groups excluding carboxylic acids is 1. The van der Waals surface area contributed by atoms with Crippen molar-refractivity contribution in [1.29, 1.82) is 0 Å². The Morgan fingerprint density at radius 1 is 1.44 bits per heavy atom. The molecule has 0 aromatic rings. The average Bonchev–Trinajstić information content (AvgIpc) is 2.16. The molecule has 1 atom stereocenters. The fourth-order valence-electron chi connectivity index (χ4n) is 1.85. The summed E-state index contributed by atoms with van der Waals surface area (Å²) in [5, 5.41) is 0. The molecule has 1 fully saturated rings. The van der Waals surface area contributed by atoms with Crippen molar-refractivity contribution in [2.45, 2.75) is 51.7 Å². The lowest BCUT2D eigenvalue weighted by atomic mass is 10.0. The molecule has 0 unspecified atom stereocenters. The molecule has 0 aliphatic carbocycles. The standard InChI is InChI=1S/C11H22N2O3/c1-11(2,3)16-10(14)13-7-5-4-6-9(13)8-15-12/h9H,4-8,12H2,1-3H3/t9-/m1/s1. The molecule has 0 saturated carbocycles. The lowest BCUT2D eigenvalue weighted by Crippen LogP contribution is -2.48. The second-order valence-electron chi connectivity index (χ2n) is 5.16. The fraction of sp³-hybridized carbons (Fsp3) is 0.909. The number of carbonyl (C=O) groups is 1. The molecule has 1 saturated heterocycles. The van der Waals surface area contributed by atoms with E-state index in [-0.39, 0.29) is 12.1 Å². The Kier molecular flexibility index (Phi) is 4.56. The van der Waals surface area contributed by atoms with E-state index >= 15 is 0 Å². The van der Waals surface area contributed by atoms with Crippen LogP contribution in [0.1, 0.15) is 40.0 Å². The number of hydrogen-bond acceptors (Lipinski definition) is 4. The van der Waals surface area contributed by atoms with Crippen molar-refractivity contribution in [1.82, 2.24) is 4.90 Å². The van der Waals surface area contributed by atoms with Crippen LogP contribution in [0.3, 0.4) is 0 Å². The first-order chi connectivity index (χ1) is 7.44. The molecule has 2 N–H and O–H groups in total. The van der Waals surface area contributed by atoms with Crippen LogP contribution in [0.2, 0.25) is 0 Å². The summed E-state index contributed by atoms with van der Waals surface area (Å²) in [7, 11) is 0. The molecule has 1 aliphatic heterocycles. The van der Waals surface area contributed by atoms with Gasteiger partial charge in [0.05, 0.1) is 12.6 Å². The Morgan fingerprint density at radius 3 is 2.69 bits per heavy atom. The highest BCUT2D eigenvalue weighted by Crippen LogP contribution is 2.20. The summed E-state index contributed by atoms with van der Waals surface area (Å²) in [5.41, 5.74) is -0.456. The first-order valence-electron chi connectivity index (χ1n) is 5.75. The average molecular weight is 230 g/mol. The van der Waals surface area contributed by atoms with E-state index in [9.17, 15) is 4.79 Å². The molecular formula is C11H22N2O3. The summed E-state index contributed by atoms with van der Waals surface area (Å²) < 4.78 is 5.34. The SMILES string of the molecule is CC(C)(C)OC(=O)N1CCCC[C@@H]1CON. The topological polar surface area (TPSA) is 64.8 Å². The molecule has 1 amide bonds. The summed E-state index contributed by atoms with van der Waals surface area (Å²) >= 11 is 0. The van der Waals surface area contributed by atoms with E-state index in [1.54, 1.807) is 4.90 Å². The molecular weight excluding hydrogens is 208 g/mol. The highest BCUT2D eigenvalue weighted by atomic mass is 16.6. The molecule has 0 aromatic heterocycles. The number of piperidine rings is 1. The number of ether oxygens (including phenoxy) is 1. The van der Waals surface area contributed by atoms with Gasteiger partial charge in [0.15, 0.2) is 0 Å². The predicted molar refractivity (Wildman–Crippen MR) is 60.7 cm³/mol. The van der Waals surface area contributed by atoms with E-state index in [2.05, 4.69) is 4.84 Å². The fourth-order valence-corrected chi connectivity index (χ4v) is 1.85. The number of nitrogens with zero attached hydrogens (tertiary/aromatic N) is 1. The van der Waals surface area contributed by atoms with Crippen LogP contribution >= 0.6 is 0 Å². The lowest BCUT2D eigenvalue weighted by Gasteiger charge is -2.36. The molecule has 0 spiro atoms. The minimum atomic E-state index is -0.456. The third-order valence-corrected chi connectivity index (χ3v) is 2.54. The first-order valence-corrected chi connectivity index (χ1v) is 5.75.